The maximum atomic E-state index is 8.83. The summed E-state index contributed by atoms with van der Waals surface area (Å²) in [5.41, 5.74) is 4.63. The van der Waals surface area contributed by atoms with Gasteiger partial charge in [0.1, 0.15) is 12.4 Å². The van der Waals surface area contributed by atoms with E-state index in [9.17, 15) is 0 Å². The summed E-state index contributed by atoms with van der Waals surface area (Å²) >= 11 is 0. The molecular formula is C30H60N2O7. The van der Waals surface area contributed by atoms with Gasteiger partial charge >= 0.3 is 0 Å². The van der Waals surface area contributed by atoms with Crippen molar-refractivity contribution in [3.05, 3.63) is 49.0 Å². The molecule has 1 amide bonds. The van der Waals surface area contributed by atoms with Crippen molar-refractivity contribution in [1.82, 2.24) is 5.32 Å². The number of carbonyl (C=O) groups excluding carboxylic acids is 1. The highest BCUT2D eigenvalue weighted by Gasteiger charge is 2.24. The van der Waals surface area contributed by atoms with Crippen LogP contribution in [0.3, 0.4) is 0 Å². The first-order chi connectivity index (χ1) is 17.9. The van der Waals surface area contributed by atoms with Gasteiger partial charge in [-0.15, -0.1) is 0 Å². The van der Waals surface area contributed by atoms with Gasteiger partial charge in [0.2, 0.25) is 6.41 Å². The molecule has 0 unspecified atom stereocenters. The summed E-state index contributed by atoms with van der Waals surface area (Å²) in [6, 6.07) is 0. The average Bonchev–Trinajstić information content (AvgIpc) is 2.78. The minimum Gasteiger partial charge on any atom is -0.513 e. The monoisotopic (exact) mass is 560 g/mol. The first-order valence-corrected chi connectivity index (χ1v) is 13.4. The Kier molecular flexibility index (Phi) is 30.3. The van der Waals surface area contributed by atoms with E-state index < -0.39 is 5.60 Å². The molecule has 9 heteroatoms. The number of nitrogens with one attached hydrogen (secondary N) is 1. The Labute approximate surface area is 239 Å². The van der Waals surface area contributed by atoms with Gasteiger partial charge in [-0.25, -0.2) is 0 Å². The van der Waals surface area contributed by atoms with Gasteiger partial charge < -0.3 is 40.2 Å². The molecule has 0 aromatic rings. The Bertz CT molecular complexity index is 667. The lowest BCUT2D eigenvalue weighted by Gasteiger charge is -2.32. The topological polar surface area (TPSA) is 132 Å². The molecule has 0 bridgehead atoms. The summed E-state index contributed by atoms with van der Waals surface area (Å²) < 4.78 is 21.6. The molecule has 0 saturated carbocycles. The van der Waals surface area contributed by atoms with E-state index in [-0.39, 0.29) is 24.4 Å². The Balaban J connectivity index is -0.000000279. The van der Waals surface area contributed by atoms with Crippen LogP contribution in [-0.2, 0) is 23.7 Å². The highest BCUT2D eigenvalue weighted by atomic mass is 16.7. The molecule has 232 valence electrons. The zero-order valence-corrected chi connectivity index (χ0v) is 26.5. The van der Waals surface area contributed by atoms with Crippen molar-refractivity contribution in [3.63, 3.8) is 0 Å². The molecule has 0 saturated heterocycles. The number of ether oxygens (including phenoxy) is 4. The fourth-order valence-corrected chi connectivity index (χ4v) is 2.58. The van der Waals surface area contributed by atoms with E-state index in [1.54, 1.807) is 0 Å². The lowest BCUT2D eigenvalue weighted by Crippen LogP contribution is -2.37. The number of carbonyl (C=O) groups is 1. The van der Waals surface area contributed by atoms with Crippen molar-refractivity contribution < 1.29 is 34.0 Å². The Morgan fingerprint density at radius 3 is 1.92 bits per heavy atom. The third kappa shape index (κ3) is 45.8. The number of hydrogen-bond acceptors (Lipinski definition) is 8. The molecule has 0 radical (unpaired) electrons. The number of primary amides is 1. The molecule has 0 rings (SSSR count). The maximum Gasteiger partial charge on any atom is 0.276 e. The van der Waals surface area contributed by atoms with Crippen molar-refractivity contribution in [2.75, 3.05) is 33.0 Å². The minimum absolute atomic E-state index is 0.0598. The van der Waals surface area contributed by atoms with Crippen LogP contribution in [-0.4, -0.2) is 60.8 Å². The second-order valence-corrected chi connectivity index (χ2v) is 10.5. The van der Waals surface area contributed by atoms with E-state index in [2.05, 4.69) is 44.6 Å². The number of hydrogen-bond donors (Lipinski definition) is 4. The molecule has 39 heavy (non-hydrogen) atoms. The number of amides is 1. The standard InChI is InChI=1S/C17H31NO3.C8H18O2.C4H8O.CH3NO/c1-7-8-16(5)21-17(6)20-12-11-19-10-9-18-15(4)13-14(2)3;1-7(2,3)10-8(4,5)6-9;1-3-4(2)5;2-1-3/h8,14,18H,4,6-7,9-13H2,1-3,5H3;9H,6H2,1-5H3;5H,2-3H2,1H3;1H,(H2,2,3)/b16-8+;;;. The second kappa shape index (κ2) is 27.1. The summed E-state index contributed by atoms with van der Waals surface area (Å²) in [5.74, 6) is 1.99. The van der Waals surface area contributed by atoms with Crippen LogP contribution < -0.4 is 11.1 Å². The maximum absolute atomic E-state index is 8.83. The molecule has 0 atom stereocenters. The molecule has 9 nitrogen and oxygen atoms in total. The lowest BCUT2D eigenvalue weighted by atomic mass is 10.1. The van der Waals surface area contributed by atoms with Gasteiger partial charge in [-0.05, 0) is 73.0 Å². The highest BCUT2D eigenvalue weighted by Crippen LogP contribution is 2.18. The van der Waals surface area contributed by atoms with Crippen molar-refractivity contribution in [3.8, 4) is 0 Å². The Hall–Kier alpha value is -2.49. The SMILES string of the molecule is C=C(CC(C)C)NCCOCCOC(=C)O/C(C)=C/CC.C=C(O)CC.CC(C)(C)OC(C)(C)CO.NC=O. The zero-order valence-electron chi connectivity index (χ0n) is 26.5. The van der Waals surface area contributed by atoms with Gasteiger partial charge in [-0.2, -0.15) is 0 Å². The van der Waals surface area contributed by atoms with Gasteiger partial charge in [0.15, 0.2) is 0 Å². The van der Waals surface area contributed by atoms with Crippen LogP contribution in [0, 0.1) is 5.92 Å². The fourth-order valence-electron chi connectivity index (χ4n) is 2.58. The molecule has 0 aromatic heterocycles. The molecule has 0 aliphatic rings. The van der Waals surface area contributed by atoms with E-state index in [1.165, 1.54) is 0 Å². The Morgan fingerprint density at radius 1 is 1.05 bits per heavy atom. The number of aliphatic hydroxyl groups is 2. The fraction of sp³-hybridized carbons (Fsp3) is 0.700. The van der Waals surface area contributed by atoms with Gasteiger partial charge in [-0.1, -0.05) is 40.9 Å². The largest absolute Gasteiger partial charge is 0.513 e. The second-order valence-electron chi connectivity index (χ2n) is 10.5. The third-order valence-corrected chi connectivity index (χ3v) is 3.90. The van der Waals surface area contributed by atoms with Gasteiger partial charge in [-0.3, -0.25) is 4.79 Å². The van der Waals surface area contributed by atoms with Crippen LogP contribution in [0.15, 0.2) is 49.0 Å². The van der Waals surface area contributed by atoms with Gasteiger partial charge in [0.05, 0.1) is 36.8 Å². The summed E-state index contributed by atoms with van der Waals surface area (Å²) in [7, 11) is 0. The van der Waals surface area contributed by atoms with Crippen molar-refractivity contribution in [1.29, 1.82) is 0 Å². The summed E-state index contributed by atoms with van der Waals surface area (Å²) in [4.78, 5) is 8.58. The molecule has 0 aliphatic heterocycles. The molecule has 5 N–H and O–H groups in total. The minimum atomic E-state index is -0.418. The highest BCUT2D eigenvalue weighted by molar-refractivity contribution is 5.42. The van der Waals surface area contributed by atoms with Gasteiger partial charge in [0.25, 0.3) is 5.95 Å². The predicted molar refractivity (Wildman–Crippen MR) is 162 cm³/mol. The smallest absolute Gasteiger partial charge is 0.276 e. The van der Waals surface area contributed by atoms with Crippen LogP contribution in [0.2, 0.25) is 0 Å². The number of rotatable bonds is 16. The number of allylic oxidation sites excluding steroid dienone is 4. The van der Waals surface area contributed by atoms with E-state index in [0.717, 1.165) is 30.8 Å². The third-order valence-electron chi connectivity index (χ3n) is 3.90. The predicted octanol–water partition coefficient (Wildman–Crippen LogP) is 6.11. The van der Waals surface area contributed by atoms with Crippen molar-refractivity contribution >= 4 is 6.41 Å². The normalized spacial score (nSPS) is 10.9. The molecule has 0 heterocycles. The van der Waals surface area contributed by atoms with Crippen molar-refractivity contribution in [2.45, 2.75) is 99.7 Å². The molecular weight excluding hydrogens is 500 g/mol. The number of nitrogens with two attached hydrogens (primary N) is 1. The van der Waals surface area contributed by atoms with Crippen LogP contribution >= 0.6 is 0 Å². The van der Waals surface area contributed by atoms with E-state index in [1.807, 2.05) is 61.5 Å². The summed E-state index contributed by atoms with van der Waals surface area (Å²) in [6.07, 6.45) is 4.81. The molecule has 0 fully saturated rings. The molecule has 0 spiro atoms. The van der Waals surface area contributed by atoms with Crippen LogP contribution in [0.4, 0.5) is 0 Å². The summed E-state index contributed by atoms with van der Waals surface area (Å²) in [5, 5.41) is 20.2. The van der Waals surface area contributed by atoms with E-state index >= 15 is 0 Å². The van der Waals surface area contributed by atoms with E-state index in [0.29, 0.717) is 38.1 Å². The quantitative estimate of drug-likeness (QED) is 0.101. The van der Waals surface area contributed by atoms with Crippen LogP contribution in [0.5, 0.6) is 0 Å². The molecule has 0 aliphatic carbocycles. The van der Waals surface area contributed by atoms with Gasteiger partial charge in [0, 0.05) is 18.7 Å². The Morgan fingerprint density at radius 2 is 1.56 bits per heavy atom. The first kappa shape index (κ1) is 43.6. The van der Waals surface area contributed by atoms with Crippen LogP contribution in [0.1, 0.15) is 88.5 Å². The number of aliphatic hydroxyl groups excluding tert-OH is 2. The van der Waals surface area contributed by atoms with Crippen LogP contribution in [0.25, 0.3) is 0 Å². The lowest BCUT2D eigenvalue weighted by molar-refractivity contribution is -0.132. The zero-order chi connectivity index (χ0) is 31.5. The van der Waals surface area contributed by atoms with Crippen molar-refractivity contribution in [2.24, 2.45) is 11.7 Å². The summed E-state index contributed by atoms with van der Waals surface area (Å²) in [6.45, 7) is 33.1. The average molecular weight is 561 g/mol. The van der Waals surface area contributed by atoms with E-state index in [4.69, 9.17) is 34.0 Å². The molecule has 0 aromatic carbocycles. The first-order valence-electron chi connectivity index (χ1n) is 13.4.